The van der Waals surface area contributed by atoms with E-state index in [1.54, 1.807) is 7.11 Å². The monoisotopic (exact) mass is 494 g/mol. The number of hydrogen-bond acceptors (Lipinski definition) is 6. The number of nitrogens with zero attached hydrogens (tertiary/aromatic N) is 2. The Hall–Kier alpha value is -3.10. The summed E-state index contributed by atoms with van der Waals surface area (Å²) in [5.41, 5.74) is 3.52. The fourth-order valence-electron chi connectivity index (χ4n) is 4.58. The quantitative estimate of drug-likeness (QED) is 0.329. The molecule has 1 aliphatic rings. The number of hydrogen-bond donors (Lipinski definition) is 2. The van der Waals surface area contributed by atoms with Crippen molar-refractivity contribution in [2.45, 2.75) is 26.2 Å². The van der Waals surface area contributed by atoms with Gasteiger partial charge in [0, 0.05) is 38.3 Å². The Morgan fingerprint density at radius 1 is 1.14 bits per heavy atom. The third kappa shape index (κ3) is 6.13. The molecule has 7 nitrogen and oxygen atoms in total. The lowest BCUT2D eigenvalue weighted by Crippen LogP contribution is -2.46. The number of rotatable bonds is 10. The van der Waals surface area contributed by atoms with Crippen LogP contribution in [-0.2, 0) is 6.42 Å². The van der Waals surface area contributed by atoms with Crippen molar-refractivity contribution in [3.8, 4) is 5.75 Å². The Bertz CT molecular complexity index is 1220. The van der Waals surface area contributed by atoms with E-state index >= 15 is 0 Å². The molecule has 1 fully saturated rings. The molecule has 0 bridgehead atoms. The van der Waals surface area contributed by atoms with Gasteiger partial charge in [-0.1, -0.05) is 35.6 Å². The molecule has 2 N–H and O–H groups in total. The molecule has 8 heteroatoms. The van der Waals surface area contributed by atoms with E-state index in [0.717, 1.165) is 72.8 Å². The first-order valence-electron chi connectivity index (χ1n) is 12.2. The van der Waals surface area contributed by atoms with Gasteiger partial charge in [0.05, 0.1) is 23.0 Å². The first-order valence-corrected chi connectivity index (χ1v) is 13.1. The summed E-state index contributed by atoms with van der Waals surface area (Å²) in [5, 5.41) is 3.08. The number of aromatic amines is 1. The van der Waals surface area contributed by atoms with Gasteiger partial charge in [-0.15, -0.1) is 0 Å². The number of piperazine rings is 1. The standard InChI is InChI=1S/C27H34N4O3S/c1-3-4-9-20-21(12-13-22-25(20)35-27(33)29-22)26(32)28-14-7-8-15-30-16-18-31(19-17-30)23-10-5-6-11-24(23)34-2/h3-6,10-13H,7-9,14-19H2,1-2H3,(H,28,32)(H,29,33)/b4-3+. The lowest BCUT2D eigenvalue weighted by Gasteiger charge is -2.36. The minimum absolute atomic E-state index is 0.0716. The van der Waals surface area contributed by atoms with E-state index in [2.05, 4.69) is 32.2 Å². The zero-order valence-electron chi connectivity index (χ0n) is 20.5. The topological polar surface area (TPSA) is 77.7 Å². The first kappa shape index (κ1) is 25.0. The predicted molar refractivity (Wildman–Crippen MR) is 144 cm³/mol. The maximum absolute atomic E-state index is 12.9. The van der Waals surface area contributed by atoms with Crippen LogP contribution in [0.3, 0.4) is 0 Å². The molecule has 0 aliphatic carbocycles. The van der Waals surface area contributed by atoms with Gasteiger partial charge in [-0.05, 0) is 62.6 Å². The summed E-state index contributed by atoms with van der Waals surface area (Å²) in [7, 11) is 1.72. The second kappa shape index (κ2) is 12.0. The Balaban J connectivity index is 1.23. The molecule has 2 heterocycles. The van der Waals surface area contributed by atoms with Crippen LogP contribution in [0.25, 0.3) is 10.2 Å². The van der Waals surface area contributed by atoms with Crippen molar-refractivity contribution in [3.63, 3.8) is 0 Å². The number of methoxy groups -OCH3 is 1. The first-order chi connectivity index (χ1) is 17.1. The fraction of sp³-hybridized carbons (Fsp3) is 0.407. The highest BCUT2D eigenvalue weighted by molar-refractivity contribution is 7.16. The summed E-state index contributed by atoms with van der Waals surface area (Å²) in [6.07, 6.45) is 6.59. The zero-order valence-corrected chi connectivity index (χ0v) is 21.3. The molecule has 3 aromatic rings. The molecule has 0 unspecified atom stereocenters. The average Bonchev–Trinajstić information content (AvgIpc) is 3.27. The Morgan fingerprint density at radius 2 is 1.94 bits per heavy atom. The number of fused-ring (bicyclic) bond motifs is 1. The van der Waals surface area contributed by atoms with E-state index < -0.39 is 0 Å². The van der Waals surface area contributed by atoms with Crippen LogP contribution in [0.15, 0.2) is 53.3 Å². The number of thiazole rings is 1. The van der Waals surface area contributed by atoms with Gasteiger partial charge >= 0.3 is 4.87 Å². The number of allylic oxidation sites excluding steroid dienone is 2. The maximum atomic E-state index is 12.9. The third-order valence-corrected chi connectivity index (χ3v) is 7.44. The number of carbonyl (C=O) groups excluding carboxylic acids is 1. The van der Waals surface area contributed by atoms with Crippen LogP contribution < -0.4 is 19.8 Å². The van der Waals surface area contributed by atoms with E-state index in [1.165, 1.54) is 11.3 Å². The summed E-state index contributed by atoms with van der Waals surface area (Å²) in [5.74, 6) is 0.855. The van der Waals surface area contributed by atoms with Crippen LogP contribution in [0.5, 0.6) is 5.75 Å². The number of nitrogens with one attached hydrogen (secondary N) is 2. The number of benzene rings is 2. The summed E-state index contributed by atoms with van der Waals surface area (Å²) in [4.78, 5) is 32.4. The van der Waals surface area contributed by atoms with Gasteiger partial charge in [-0.3, -0.25) is 14.5 Å². The van der Waals surface area contributed by atoms with Gasteiger partial charge in [0.2, 0.25) is 0 Å². The smallest absolute Gasteiger partial charge is 0.305 e. The predicted octanol–water partition coefficient (Wildman–Crippen LogP) is 4.05. The molecule has 2 aromatic carbocycles. The molecule has 1 aliphatic heterocycles. The van der Waals surface area contributed by atoms with Crippen LogP contribution in [-0.4, -0.2) is 62.2 Å². The lowest BCUT2D eigenvalue weighted by molar-refractivity contribution is 0.0952. The number of para-hydroxylation sites is 2. The molecule has 186 valence electrons. The number of H-pyrrole nitrogens is 1. The van der Waals surface area contributed by atoms with E-state index in [4.69, 9.17) is 4.74 Å². The highest BCUT2D eigenvalue weighted by atomic mass is 32.1. The van der Waals surface area contributed by atoms with Crippen molar-refractivity contribution < 1.29 is 9.53 Å². The normalized spacial score (nSPS) is 14.6. The summed E-state index contributed by atoms with van der Waals surface area (Å²) < 4.78 is 6.38. The van der Waals surface area contributed by atoms with Crippen molar-refractivity contribution in [3.05, 3.63) is 69.3 Å². The van der Waals surface area contributed by atoms with Gasteiger partial charge in [0.15, 0.2) is 0 Å². The Kier molecular flexibility index (Phi) is 8.60. The Morgan fingerprint density at radius 3 is 2.71 bits per heavy atom. The van der Waals surface area contributed by atoms with Crippen molar-refractivity contribution in [2.24, 2.45) is 0 Å². The molecule has 4 rings (SSSR count). The van der Waals surface area contributed by atoms with Crippen molar-refractivity contribution in [2.75, 3.05) is 51.3 Å². The molecule has 35 heavy (non-hydrogen) atoms. The largest absolute Gasteiger partial charge is 0.495 e. The Labute approximate surface area is 210 Å². The molecule has 0 radical (unpaired) electrons. The molecular weight excluding hydrogens is 460 g/mol. The van der Waals surface area contributed by atoms with Gasteiger partial charge in [-0.25, -0.2) is 0 Å². The molecule has 1 amide bonds. The minimum atomic E-state index is -0.0944. The summed E-state index contributed by atoms with van der Waals surface area (Å²) >= 11 is 1.17. The molecule has 0 atom stereocenters. The van der Waals surface area contributed by atoms with Crippen molar-refractivity contribution >= 4 is 33.1 Å². The summed E-state index contributed by atoms with van der Waals surface area (Å²) in [6, 6.07) is 11.8. The van der Waals surface area contributed by atoms with Crippen LogP contribution in [0, 0.1) is 0 Å². The number of anilines is 1. The highest BCUT2D eigenvalue weighted by Crippen LogP contribution is 2.28. The SMILES string of the molecule is C/C=C/Cc1c(C(=O)NCCCCN2CCN(c3ccccc3OC)CC2)ccc2[nH]c(=O)sc12. The maximum Gasteiger partial charge on any atom is 0.305 e. The lowest BCUT2D eigenvalue weighted by atomic mass is 10.0. The van der Waals surface area contributed by atoms with E-state index in [0.29, 0.717) is 18.5 Å². The van der Waals surface area contributed by atoms with Gasteiger partial charge < -0.3 is 19.9 Å². The van der Waals surface area contributed by atoms with E-state index in [9.17, 15) is 9.59 Å². The summed E-state index contributed by atoms with van der Waals surface area (Å²) in [6.45, 7) is 7.66. The zero-order chi connectivity index (χ0) is 24.6. The number of amides is 1. The number of ether oxygens (including phenoxy) is 1. The molecular formula is C27H34N4O3S. The van der Waals surface area contributed by atoms with Gasteiger partial charge in [0.1, 0.15) is 5.75 Å². The van der Waals surface area contributed by atoms with Crippen LogP contribution in [0.1, 0.15) is 35.7 Å². The average molecular weight is 495 g/mol. The highest BCUT2D eigenvalue weighted by Gasteiger charge is 2.19. The number of aromatic nitrogens is 1. The minimum Gasteiger partial charge on any atom is -0.495 e. The van der Waals surface area contributed by atoms with Crippen molar-refractivity contribution in [1.29, 1.82) is 0 Å². The van der Waals surface area contributed by atoms with Gasteiger partial charge in [0.25, 0.3) is 5.91 Å². The molecule has 0 saturated carbocycles. The van der Waals surface area contributed by atoms with E-state index in [-0.39, 0.29) is 10.8 Å². The second-order valence-electron chi connectivity index (χ2n) is 8.72. The third-order valence-electron chi connectivity index (χ3n) is 6.48. The van der Waals surface area contributed by atoms with Crippen LogP contribution in [0.2, 0.25) is 0 Å². The molecule has 0 spiro atoms. The van der Waals surface area contributed by atoms with Crippen LogP contribution in [0.4, 0.5) is 5.69 Å². The molecule has 1 aromatic heterocycles. The second-order valence-corrected chi connectivity index (χ2v) is 9.70. The van der Waals surface area contributed by atoms with Gasteiger partial charge in [-0.2, -0.15) is 0 Å². The number of carbonyl (C=O) groups is 1. The van der Waals surface area contributed by atoms with Crippen molar-refractivity contribution in [1.82, 2.24) is 15.2 Å². The van der Waals surface area contributed by atoms with Crippen LogP contribution >= 0.6 is 11.3 Å². The molecule has 1 saturated heterocycles. The fourth-order valence-corrected chi connectivity index (χ4v) is 5.47. The number of unbranched alkanes of at least 4 members (excludes halogenated alkanes) is 1. The van der Waals surface area contributed by atoms with E-state index in [1.807, 2.05) is 43.3 Å².